The molecule has 0 bridgehead atoms. The van der Waals surface area contributed by atoms with E-state index in [-0.39, 0.29) is 11.9 Å². The van der Waals surface area contributed by atoms with Crippen LogP contribution in [0.25, 0.3) is 9.53 Å². The SMILES string of the molecule is Cc1ccccc1Nc1nc2sc(C(=O)N3CCC(N)CC3)cc2s1. The minimum Gasteiger partial charge on any atom is -0.338 e. The highest BCUT2D eigenvalue weighted by Crippen LogP contribution is 2.35. The van der Waals surface area contributed by atoms with Gasteiger partial charge in [-0.1, -0.05) is 29.5 Å². The molecule has 1 amide bonds. The molecule has 7 heteroatoms. The molecule has 1 aromatic carbocycles. The second kappa shape index (κ2) is 6.74. The maximum atomic E-state index is 12.7. The number of carbonyl (C=O) groups is 1. The molecule has 2 aromatic heterocycles. The molecule has 0 saturated carbocycles. The Kier molecular flexibility index (Phi) is 4.45. The second-order valence-electron chi connectivity index (χ2n) is 6.37. The van der Waals surface area contributed by atoms with Crippen LogP contribution in [0.3, 0.4) is 0 Å². The van der Waals surface area contributed by atoms with Gasteiger partial charge >= 0.3 is 0 Å². The van der Waals surface area contributed by atoms with Crippen molar-refractivity contribution in [3.63, 3.8) is 0 Å². The predicted molar refractivity (Wildman–Crippen MR) is 105 cm³/mol. The molecule has 1 aliphatic rings. The fourth-order valence-corrected chi connectivity index (χ4v) is 5.08. The molecule has 5 nitrogen and oxygen atoms in total. The van der Waals surface area contributed by atoms with E-state index in [0.717, 1.165) is 51.2 Å². The molecule has 0 atom stereocenters. The minimum atomic E-state index is 0.107. The number of fused-ring (bicyclic) bond motifs is 1. The number of anilines is 2. The number of likely N-dealkylation sites (tertiary alicyclic amines) is 1. The van der Waals surface area contributed by atoms with E-state index in [1.54, 1.807) is 11.3 Å². The van der Waals surface area contributed by atoms with Gasteiger partial charge in [-0.15, -0.1) is 11.3 Å². The smallest absolute Gasteiger partial charge is 0.264 e. The zero-order valence-corrected chi connectivity index (χ0v) is 15.6. The molecule has 4 rings (SSSR count). The molecule has 3 N–H and O–H groups in total. The van der Waals surface area contributed by atoms with Crippen molar-refractivity contribution in [3.05, 3.63) is 40.8 Å². The fraction of sp³-hybridized carbons (Fsp3) is 0.333. The monoisotopic (exact) mass is 372 g/mol. The Balaban J connectivity index is 1.51. The number of benzene rings is 1. The Bertz CT molecular complexity index is 877. The summed E-state index contributed by atoms with van der Waals surface area (Å²) in [5, 5.41) is 4.23. The van der Waals surface area contributed by atoms with E-state index in [1.807, 2.05) is 29.2 Å². The highest BCUT2D eigenvalue weighted by atomic mass is 32.1. The van der Waals surface area contributed by atoms with Crippen LogP contribution >= 0.6 is 22.7 Å². The molecular weight excluding hydrogens is 352 g/mol. The lowest BCUT2D eigenvalue weighted by Gasteiger charge is -2.29. The summed E-state index contributed by atoms with van der Waals surface area (Å²) in [7, 11) is 0. The van der Waals surface area contributed by atoms with Gasteiger partial charge in [-0.05, 0) is 37.5 Å². The Labute approximate surface area is 154 Å². The molecule has 1 saturated heterocycles. The maximum absolute atomic E-state index is 12.7. The van der Waals surface area contributed by atoms with Crippen LogP contribution in [-0.2, 0) is 0 Å². The van der Waals surface area contributed by atoms with Crippen LogP contribution in [0.2, 0.25) is 0 Å². The van der Waals surface area contributed by atoms with Gasteiger partial charge in [-0.3, -0.25) is 4.79 Å². The fourth-order valence-electron chi connectivity index (χ4n) is 2.98. The number of nitrogens with zero attached hydrogens (tertiary/aromatic N) is 2. The zero-order chi connectivity index (χ0) is 17.4. The summed E-state index contributed by atoms with van der Waals surface area (Å²) in [5.41, 5.74) is 8.16. The first-order valence-corrected chi connectivity index (χ1v) is 10.0. The number of carbonyl (C=O) groups excluding carboxylic acids is 1. The van der Waals surface area contributed by atoms with Crippen LogP contribution in [0.1, 0.15) is 28.1 Å². The van der Waals surface area contributed by atoms with E-state index in [2.05, 4.69) is 23.3 Å². The van der Waals surface area contributed by atoms with Crippen LogP contribution in [0.5, 0.6) is 0 Å². The molecular formula is C18H20N4OS2. The topological polar surface area (TPSA) is 71.2 Å². The summed E-state index contributed by atoms with van der Waals surface area (Å²) in [6.07, 6.45) is 1.77. The Morgan fingerprint density at radius 1 is 1.28 bits per heavy atom. The summed E-state index contributed by atoms with van der Waals surface area (Å²) in [5.74, 6) is 0.107. The van der Waals surface area contributed by atoms with E-state index in [9.17, 15) is 4.79 Å². The summed E-state index contributed by atoms with van der Waals surface area (Å²) in [4.78, 5) is 20.9. The second-order valence-corrected chi connectivity index (χ2v) is 8.43. The number of nitrogens with one attached hydrogen (secondary N) is 1. The van der Waals surface area contributed by atoms with Gasteiger partial charge in [0.1, 0.15) is 4.83 Å². The quantitative estimate of drug-likeness (QED) is 0.730. The van der Waals surface area contributed by atoms with Crippen LogP contribution in [-0.4, -0.2) is 34.9 Å². The number of nitrogens with two attached hydrogens (primary N) is 1. The zero-order valence-electron chi connectivity index (χ0n) is 14.0. The minimum absolute atomic E-state index is 0.107. The van der Waals surface area contributed by atoms with Crippen molar-refractivity contribution >= 4 is 48.9 Å². The molecule has 1 fully saturated rings. The molecule has 1 aliphatic heterocycles. The lowest BCUT2D eigenvalue weighted by molar-refractivity contribution is 0.0720. The van der Waals surface area contributed by atoms with Crippen LogP contribution < -0.4 is 11.1 Å². The van der Waals surface area contributed by atoms with Gasteiger partial charge in [0.2, 0.25) is 0 Å². The predicted octanol–water partition coefficient (Wildman–Crippen LogP) is 3.97. The van der Waals surface area contributed by atoms with Crippen molar-refractivity contribution < 1.29 is 4.79 Å². The van der Waals surface area contributed by atoms with E-state index < -0.39 is 0 Å². The van der Waals surface area contributed by atoms with Crippen molar-refractivity contribution in [2.24, 2.45) is 5.73 Å². The number of hydrogen-bond acceptors (Lipinski definition) is 6. The number of amides is 1. The Morgan fingerprint density at radius 3 is 2.76 bits per heavy atom. The van der Waals surface area contributed by atoms with E-state index in [1.165, 1.54) is 16.9 Å². The van der Waals surface area contributed by atoms with Crippen molar-refractivity contribution in [3.8, 4) is 0 Å². The molecule has 3 heterocycles. The highest BCUT2D eigenvalue weighted by molar-refractivity contribution is 7.29. The molecule has 0 unspecified atom stereocenters. The normalized spacial score (nSPS) is 15.7. The van der Waals surface area contributed by atoms with Gasteiger partial charge in [0.15, 0.2) is 5.13 Å². The van der Waals surface area contributed by atoms with E-state index in [4.69, 9.17) is 5.73 Å². The molecule has 3 aromatic rings. The summed E-state index contributed by atoms with van der Waals surface area (Å²) >= 11 is 3.06. The largest absolute Gasteiger partial charge is 0.338 e. The van der Waals surface area contributed by atoms with Crippen molar-refractivity contribution in [1.82, 2.24) is 9.88 Å². The lowest BCUT2D eigenvalue weighted by atomic mass is 10.1. The van der Waals surface area contributed by atoms with Gasteiger partial charge < -0.3 is 16.0 Å². The summed E-state index contributed by atoms with van der Waals surface area (Å²) in [6, 6.07) is 10.3. The number of rotatable bonds is 3. The van der Waals surface area contributed by atoms with Crippen molar-refractivity contribution in [2.75, 3.05) is 18.4 Å². The van der Waals surface area contributed by atoms with Gasteiger partial charge in [-0.2, -0.15) is 0 Å². The Hall–Kier alpha value is -1.96. The number of aryl methyl sites for hydroxylation is 1. The number of thiazole rings is 1. The average Bonchev–Trinajstić information content (AvgIpc) is 3.15. The molecule has 0 radical (unpaired) electrons. The molecule has 0 spiro atoms. The number of aromatic nitrogens is 1. The van der Waals surface area contributed by atoms with Gasteiger partial charge in [0.25, 0.3) is 5.91 Å². The van der Waals surface area contributed by atoms with Crippen molar-refractivity contribution in [2.45, 2.75) is 25.8 Å². The van der Waals surface area contributed by atoms with E-state index in [0.29, 0.717) is 0 Å². The summed E-state index contributed by atoms with van der Waals surface area (Å²) < 4.78 is 1.05. The van der Waals surface area contributed by atoms with Crippen LogP contribution in [0.4, 0.5) is 10.8 Å². The maximum Gasteiger partial charge on any atom is 0.264 e. The van der Waals surface area contributed by atoms with Crippen molar-refractivity contribution in [1.29, 1.82) is 0 Å². The third kappa shape index (κ3) is 3.40. The van der Waals surface area contributed by atoms with Crippen LogP contribution in [0.15, 0.2) is 30.3 Å². The van der Waals surface area contributed by atoms with Gasteiger partial charge in [0.05, 0.1) is 9.58 Å². The molecule has 130 valence electrons. The summed E-state index contributed by atoms with van der Waals surface area (Å²) in [6.45, 7) is 3.57. The molecule has 25 heavy (non-hydrogen) atoms. The number of thiophene rings is 1. The Morgan fingerprint density at radius 2 is 2.04 bits per heavy atom. The lowest BCUT2D eigenvalue weighted by Crippen LogP contribution is -2.42. The first-order valence-electron chi connectivity index (χ1n) is 8.38. The van der Waals surface area contributed by atoms with Gasteiger partial charge in [-0.25, -0.2) is 4.98 Å². The first kappa shape index (κ1) is 16.5. The number of para-hydroxylation sites is 1. The average molecular weight is 373 g/mol. The third-order valence-corrected chi connectivity index (χ3v) is 6.58. The standard InChI is InChI=1S/C18H20N4OS2/c1-11-4-2-3-5-13(11)20-18-21-16-14(25-18)10-15(24-16)17(23)22-8-6-12(19)7-9-22/h2-5,10,12H,6-9,19H2,1H3,(H,20,21). The number of piperidine rings is 1. The van der Waals surface area contributed by atoms with Gasteiger partial charge in [0, 0.05) is 24.8 Å². The molecule has 0 aliphatic carbocycles. The third-order valence-electron chi connectivity index (χ3n) is 4.51. The van der Waals surface area contributed by atoms with E-state index >= 15 is 0 Å². The highest BCUT2D eigenvalue weighted by Gasteiger charge is 2.23. The van der Waals surface area contributed by atoms with Crippen LogP contribution in [0, 0.1) is 6.92 Å². The number of hydrogen-bond donors (Lipinski definition) is 2. The first-order chi connectivity index (χ1) is 12.1.